The molecule has 100 valence electrons. The number of nitrogens with zero attached hydrogens (tertiary/aromatic N) is 3. The first kappa shape index (κ1) is 13.6. The molecule has 1 heterocycles. The summed E-state index contributed by atoms with van der Waals surface area (Å²) in [4.78, 5) is 15.9. The average Bonchev–Trinajstić information content (AvgIpc) is 2.47. The molecule has 6 nitrogen and oxygen atoms in total. The van der Waals surface area contributed by atoms with Gasteiger partial charge in [-0.2, -0.15) is 5.10 Å². The SMILES string of the molecule is Cc1ccc(C(=O)Nc2nccnn2)cc1C#CCN. The lowest BCUT2D eigenvalue weighted by Gasteiger charge is -2.05. The summed E-state index contributed by atoms with van der Waals surface area (Å²) < 4.78 is 0. The summed E-state index contributed by atoms with van der Waals surface area (Å²) in [5.41, 5.74) is 7.59. The van der Waals surface area contributed by atoms with Crippen LogP contribution in [-0.2, 0) is 0 Å². The van der Waals surface area contributed by atoms with Gasteiger partial charge in [-0.05, 0) is 24.6 Å². The summed E-state index contributed by atoms with van der Waals surface area (Å²) in [7, 11) is 0. The fourth-order valence-electron chi connectivity index (χ4n) is 1.52. The van der Waals surface area contributed by atoms with Crippen LogP contribution in [0.25, 0.3) is 0 Å². The topological polar surface area (TPSA) is 93.8 Å². The van der Waals surface area contributed by atoms with E-state index in [0.29, 0.717) is 5.56 Å². The third-order valence-corrected chi connectivity index (χ3v) is 2.53. The van der Waals surface area contributed by atoms with Crippen molar-refractivity contribution >= 4 is 11.9 Å². The first-order valence-corrected chi connectivity index (χ1v) is 5.95. The number of nitrogens with two attached hydrogens (primary N) is 1. The molecule has 20 heavy (non-hydrogen) atoms. The summed E-state index contributed by atoms with van der Waals surface area (Å²) in [6, 6.07) is 5.26. The van der Waals surface area contributed by atoms with Crippen LogP contribution in [0.4, 0.5) is 5.95 Å². The van der Waals surface area contributed by atoms with Gasteiger partial charge in [0.2, 0.25) is 5.95 Å². The number of aryl methyl sites for hydroxylation is 1. The van der Waals surface area contributed by atoms with Crippen LogP contribution in [0.1, 0.15) is 21.5 Å². The van der Waals surface area contributed by atoms with Crippen molar-refractivity contribution in [3.63, 3.8) is 0 Å². The van der Waals surface area contributed by atoms with Crippen molar-refractivity contribution in [1.29, 1.82) is 0 Å². The van der Waals surface area contributed by atoms with E-state index >= 15 is 0 Å². The smallest absolute Gasteiger partial charge is 0.258 e. The molecule has 0 unspecified atom stereocenters. The summed E-state index contributed by atoms with van der Waals surface area (Å²) in [5, 5.41) is 9.90. The number of hydrogen-bond donors (Lipinski definition) is 2. The minimum absolute atomic E-state index is 0.160. The van der Waals surface area contributed by atoms with Gasteiger partial charge in [-0.3, -0.25) is 10.1 Å². The van der Waals surface area contributed by atoms with Crippen molar-refractivity contribution in [2.45, 2.75) is 6.92 Å². The molecule has 6 heteroatoms. The molecule has 0 bridgehead atoms. The summed E-state index contributed by atoms with van der Waals surface area (Å²) in [6.07, 6.45) is 2.89. The van der Waals surface area contributed by atoms with Gasteiger partial charge in [0.05, 0.1) is 18.9 Å². The van der Waals surface area contributed by atoms with Crippen molar-refractivity contribution in [2.24, 2.45) is 5.73 Å². The molecule has 0 saturated heterocycles. The maximum atomic E-state index is 12.1. The van der Waals surface area contributed by atoms with E-state index < -0.39 is 0 Å². The molecule has 0 saturated carbocycles. The van der Waals surface area contributed by atoms with Gasteiger partial charge in [0.1, 0.15) is 0 Å². The lowest BCUT2D eigenvalue weighted by atomic mass is 10.0. The fourth-order valence-corrected chi connectivity index (χ4v) is 1.52. The quantitative estimate of drug-likeness (QED) is 0.783. The Balaban J connectivity index is 2.22. The number of rotatable bonds is 2. The molecule has 0 atom stereocenters. The van der Waals surface area contributed by atoms with Gasteiger partial charge in [-0.15, -0.1) is 5.10 Å². The standard InChI is InChI=1S/C14H13N5O/c1-10-4-5-12(9-11(10)3-2-6-15)13(20)18-14-16-7-8-17-19-14/h4-5,7-9H,6,15H2,1H3,(H,16,18,19,20). The second kappa shape index (κ2) is 6.41. The van der Waals surface area contributed by atoms with Gasteiger partial charge in [0.25, 0.3) is 5.91 Å². The number of carbonyl (C=O) groups excluding carboxylic acids is 1. The number of aromatic nitrogens is 3. The summed E-state index contributed by atoms with van der Waals surface area (Å²) >= 11 is 0. The minimum Gasteiger partial charge on any atom is -0.320 e. The molecule has 2 rings (SSSR count). The van der Waals surface area contributed by atoms with Gasteiger partial charge in [-0.1, -0.05) is 17.9 Å². The van der Waals surface area contributed by atoms with Crippen molar-refractivity contribution in [3.05, 3.63) is 47.3 Å². The molecule has 1 aromatic carbocycles. The van der Waals surface area contributed by atoms with Crippen LogP contribution in [0.3, 0.4) is 0 Å². The molecule has 0 spiro atoms. The third-order valence-electron chi connectivity index (χ3n) is 2.53. The number of amides is 1. The molecule has 0 aliphatic rings. The molecule has 0 aliphatic carbocycles. The first-order chi connectivity index (χ1) is 9.70. The molecule has 0 radical (unpaired) electrons. The van der Waals surface area contributed by atoms with E-state index in [2.05, 4.69) is 32.3 Å². The Morgan fingerprint density at radius 3 is 2.95 bits per heavy atom. The predicted octanol–water partition coefficient (Wildman–Crippen LogP) is 0.743. The minimum atomic E-state index is -0.311. The zero-order valence-electron chi connectivity index (χ0n) is 10.9. The van der Waals surface area contributed by atoms with Crippen LogP contribution in [0, 0.1) is 18.8 Å². The zero-order chi connectivity index (χ0) is 14.4. The maximum Gasteiger partial charge on any atom is 0.258 e. The van der Waals surface area contributed by atoms with Crippen LogP contribution in [-0.4, -0.2) is 27.6 Å². The highest BCUT2D eigenvalue weighted by Crippen LogP contribution is 2.11. The highest BCUT2D eigenvalue weighted by atomic mass is 16.1. The fraction of sp³-hybridized carbons (Fsp3) is 0.143. The van der Waals surface area contributed by atoms with E-state index in [1.807, 2.05) is 13.0 Å². The van der Waals surface area contributed by atoms with Gasteiger partial charge >= 0.3 is 0 Å². The number of carbonyl (C=O) groups is 1. The van der Waals surface area contributed by atoms with E-state index in [1.165, 1.54) is 12.4 Å². The first-order valence-electron chi connectivity index (χ1n) is 5.95. The summed E-state index contributed by atoms with van der Waals surface area (Å²) in [5.74, 6) is 5.55. The Bertz CT molecular complexity index is 673. The Hall–Kier alpha value is -2.78. The lowest BCUT2D eigenvalue weighted by Crippen LogP contribution is -2.14. The molecule has 1 amide bonds. The van der Waals surface area contributed by atoms with Gasteiger partial charge in [0, 0.05) is 11.1 Å². The van der Waals surface area contributed by atoms with Crippen LogP contribution >= 0.6 is 0 Å². The van der Waals surface area contributed by atoms with E-state index in [0.717, 1.165) is 11.1 Å². The average molecular weight is 267 g/mol. The van der Waals surface area contributed by atoms with Crippen LogP contribution in [0.2, 0.25) is 0 Å². The second-order valence-corrected chi connectivity index (χ2v) is 3.96. The molecule has 1 aromatic heterocycles. The van der Waals surface area contributed by atoms with Crippen LogP contribution in [0.5, 0.6) is 0 Å². The Morgan fingerprint density at radius 2 is 2.25 bits per heavy atom. The number of hydrogen-bond acceptors (Lipinski definition) is 5. The largest absolute Gasteiger partial charge is 0.320 e. The Kier molecular flexibility index (Phi) is 4.37. The second-order valence-electron chi connectivity index (χ2n) is 3.96. The van der Waals surface area contributed by atoms with Crippen LogP contribution in [0.15, 0.2) is 30.6 Å². The monoisotopic (exact) mass is 267 g/mol. The number of benzene rings is 1. The van der Waals surface area contributed by atoms with E-state index in [9.17, 15) is 4.79 Å². The highest BCUT2D eigenvalue weighted by molar-refractivity contribution is 6.03. The van der Waals surface area contributed by atoms with Crippen molar-refractivity contribution < 1.29 is 4.79 Å². The molecule has 0 fully saturated rings. The zero-order valence-corrected chi connectivity index (χ0v) is 10.9. The van der Waals surface area contributed by atoms with Crippen molar-refractivity contribution in [1.82, 2.24) is 15.2 Å². The normalized spacial score (nSPS) is 9.50. The summed E-state index contributed by atoms with van der Waals surface area (Å²) in [6.45, 7) is 2.20. The third kappa shape index (κ3) is 3.37. The van der Waals surface area contributed by atoms with Gasteiger partial charge < -0.3 is 5.73 Å². The van der Waals surface area contributed by atoms with Gasteiger partial charge in [-0.25, -0.2) is 4.98 Å². The van der Waals surface area contributed by atoms with E-state index in [4.69, 9.17) is 5.73 Å². The highest BCUT2D eigenvalue weighted by Gasteiger charge is 2.09. The van der Waals surface area contributed by atoms with E-state index in [-0.39, 0.29) is 18.4 Å². The molecule has 0 aliphatic heterocycles. The van der Waals surface area contributed by atoms with Gasteiger partial charge in [0.15, 0.2) is 0 Å². The Morgan fingerprint density at radius 1 is 1.40 bits per heavy atom. The molecule has 3 N–H and O–H groups in total. The van der Waals surface area contributed by atoms with E-state index in [1.54, 1.807) is 12.1 Å². The number of anilines is 1. The Labute approximate surface area is 116 Å². The number of nitrogens with one attached hydrogen (secondary N) is 1. The predicted molar refractivity (Wildman–Crippen MR) is 74.9 cm³/mol. The molecule has 2 aromatic rings. The molecular formula is C14H13N5O. The van der Waals surface area contributed by atoms with Crippen molar-refractivity contribution in [2.75, 3.05) is 11.9 Å². The maximum absolute atomic E-state index is 12.1. The molecular weight excluding hydrogens is 254 g/mol. The lowest BCUT2D eigenvalue weighted by molar-refractivity contribution is 0.102. The van der Waals surface area contributed by atoms with Crippen LogP contribution < -0.4 is 11.1 Å². The van der Waals surface area contributed by atoms with Crippen molar-refractivity contribution in [3.8, 4) is 11.8 Å².